The minimum atomic E-state index is -0.585. The number of aryl methyl sites for hydroxylation is 2. The summed E-state index contributed by atoms with van der Waals surface area (Å²) in [7, 11) is 4.04. The number of hydrogen-bond acceptors (Lipinski definition) is 9. The molecule has 0 aromatic carbocycles. The molecule has 11 nitrogen and oxygen atoms in total. The second-order valence-corrected chi connectivity index (χ2v) is 12.4. The van der Waals surface area contributed by atoms with Crippen LogP contribution in [0.3, 0.4) is 0 Å². The summed E-state index contributed by atoms with van der Waals surface area (Å²) in [5.74, 6) is 0.0909. The summed E-state index contributed by atoms with van der Waals surface area (Å²) < 4.78 is 1.56. The minimum absolute atomic E-state index is 0.00483. The average molecular weight is 581 g/mol. The molecule has 3 atom stereocenters. The lowest BCUT2D eigenvalue weighted by Gasteiger charge is -2.26. The molecule has 0 radical (unpaired) electrons. The lowest BCUT2D eigenvalue weighted by molar-refractivity contribution is -0.133. The molecule has 1 amide bonds. The molecule has 1 aliphatic carbocycles. The predicted molar refractivity (Wildman–Crippen MR) is 161 cm³/mol. The third kappa shape index (κ3) is 5.33. The molecule has 11 heteroatoms. The molecular weight excluding hydrogens is 544 g/mol. The molecule has 43 heavy (non-hydrogen) atoms. The van der Waals surface area contributed by atoms with Crippen LogP contribution in [-0.4, -0.2) is 89.7 Å². The number of Topliss-reactive ketones (excluding diaryl/α,β-unsaturated/α-hetero) is 2. The van der Waals surface area contributed by atoms with E-state index in [1.54, 1.807) is 40.3 Å². The zero-order chi connectivity index (χ0) is 30.6. The zero-order valence-corrected chi connectivity index (χ0v) is 25.5. The highest BCUT2D eigenvalue weighted by molar-refractivity contribution is 6.06. The van der Waals surface area contributed by atoms with Gasteiger partial charge >= 0.3 is 0 Å². The first-order valence-corrected chi connectivity index (χ1v) is 14.6. The van der Waals surface area contributed by atoms with Crippen molar-refractivity contribution in [3.63, 3.8) is 0 Å². The Bertz CT molecular complexity index is 1750. The number of aromatic nitrogens is 6. The van der Waals surface area contributed by atoms with Crippen molar-refractivity contribution in [2.24, 2.45) is 5.41 Å². The first kappa shape index (κ1) is 28.7. The molecule has 1 saturated heterocycles. The van der Waals surface area contributed by atoms with Crippen molar-refractivity contribution in [2.75, 3.05) is 20.6 Å². The Morgan fingerprint density at radius 1 is 1.05 bits per heavy atom. The summed E-state index contributed by atoms with van der Waals surface area (Å²) in [6, 6.07) is 4.93. The SMILES string of the molecule is CC(=O)c1nn(CC(=O)N2C(C(=O)c3ccc(CCN(C)C)cn3)CC3(C)CC23)c2c(C)nc(-c3cnc(C)nc3)cc12. The van der Waals surface area contributed by atoms with Crippen molar-refractivity contribution < 1.29 is 14.4 Å². The Hall–Kier alpha value is -4.38. The maximum atomic E-state index is 14.0. The number of nitrogens with zero attached hydrogens (tertiary/aromatic N) is 8. The molecule has 4 aromatic heterocycles. The minimum Gasteiger partial charge on any atom is -0.327 e. The maximum Gasteiger partial charge on any atom is 0.245 e. The van der Waals surface area contributed by atoms with Crippen LogP contribution in [0.2, 0.25) is 0 Å². The quantitative estimate of drug-likeness (QED) is 0.274. The highest BCUT2D eigenvalue weighted by Crippen LogP contribution is 2.59. The molecule has 1 aliphatic heterocycles. The van der Waals surface area contributed by atoms with Gasteiger partial charge in [0.15, 0.2) is 5.78 Å². The van der Waals surface area contributed by atoms with Crippen LogP contribution in [-0.2, 0) is 17.8 Å². The number of likely N-dealkylation sites (N-methyl/N-ethyl adjacent to an activating group) is 1. The number of fused-ring (bicyclic) bond motifs is 2. The molecule has 4 aromatic rings. The van der Waals surface area contributed by atoms with E-state index in [1.165, 1.54) is 6.92 Å². The van der Waals surface area contributed by atoms with Crippen molar-refractivity contribution in [1.29, 1.82) is 0 Å². The normalized spacial score (nSPS) is 21.0. The van der Waals surface area contributed by atoms with E-state index in [-0.39, 0.29) is 41.2 Å². The molecule has 3 unspecified atom stereocenters. The molecular formula is C32H36N8O3. The molecule has 0 N–H and O–H groups in total. The standard InChI is InChI=1S/C32H36N8O3/c1-18-30-23(11-25(36-18)22-15-33-20(3)34-16-22)29(19(2)41)37-39(30)17-28(42)40-26(12-32(4)13-27(32)40)31(43)24-8-7-21(14-35-24)9-10-38(5)6/h7-8,11,14-16,26-27H,9-10,12-13,17H2,1-6H3. The van der Waals surface area contributed by atoms with Gasteiger partial charge in [-0.05, 0) is 70.3 Å². The van der Waals surface area contributed by atoms with Crippen molar-refractivity contribution in [1.82, 2.24) is 39.5 Å². The van der Waals surface area contributed by atoms with Crippen LogP contribution in [0.15, 0.2) is 36.8 Å². The maximum absolute atomic E-state index is 14.0. The van der Waals surface area contributed by atoms with E-state index in [0.29, 0.717) is 40.2 Å². The Morgan fingerprint density at radius 2 is 1.79 bits per heavy atom. The van der Waals surface area contributed by atoms with E-state index < -0.39 is 6.04 Å². The van der Waals surface area contributed by atoms with Crippen LogP contribution in [0.25, 0.3) is 22.2 Å². The highest BCUT2D eigenvalue weighted by Gasteiger charge is 2.64. The van der Waals surface area contributed by atoms with Crippen molar-refractivity contribution in [2.45, 2.75) is 65.6 Å². The van der Waals surface area contributed by atoms with Crippen LogP contribution in [0, 0.1) is 19.3 Å². The van der Waals surface area contributed by atoms with E-state index >= 15 is 0 Å². The summed E-state index contributed by atoms with van der Waals surface area (Å²) in [4.78, 5) is 61.9. The number of ketones is 2. The summed E-state index contributed by atoms with van der Waals surface area (Å²) in [5, 5.41) is 5.20. The molecule has 0 spiro atoms. The second kappa shape index (κ2) is 10.7. The van der Waals surface area contributed by atoms with Gasteiger partial charge in [-0.25, -0.2) is 9.97 Å². The van der Waals surface area contributed by atoms with Gasteiger partial charge in [0.25, 0.3) is 0 Å². The van der Waals surface area contributed by atoms with E-state index in [9.17, 15) is 14.4 Å². The molecule has 2 fully saturated rings. The lowest BCUT2D eigenvalue weighted by atomic mass is 9.97. The van der Waals surface area contributed by atoms with E-state index in [1.807, 2.05) is 34.0 Å². The van der Waals surface area contributed by atoms with Crippen LogP contribution < -0.4 is 0 Å². The van der Waals surface area contributed by atoms with Gasteiger partial charge in [0, 0.05) is 49.1 Å². The summed E-state index contributed by atoms with van der Waals surface area (Å²) in [5.41, 5.74) is 4.21. The largest absolute Gasteiger partial charge is 0.327 e. The molecule has 0 bridgehead atoms. The lowest BCUT2D eigenvalue weighted by Crippen LogP contribution is -2.45. The number of carbonyl (C=O) groups is 3. The highest BCUT2D eigenvalue weighted by atomic mass is 16.2. The number of hydrogen-bond donors (Lipinski definition) is 0. The second-order valence-electron chi connectivity index (χ2n) is 12.4. The smallest absolute Gasteiger partial charge is 0.245 e. The van der Waals surface area contributed by atoms with Crippen molar-refractivity contribution >= 4 is 28.4 Å². The van der Waals surface area contributed by atoms with E-state index in [4.69, 9.17) is 4.98 Å². The summed E-state index contributed by atoms with van der Waals surface area (Å²) >= 11 is 0. The number of pyridine rings is 2. The monoisotopic (exact) mass is 580 g/mol. The first-order valence-electron chi connectivity index (χ1n) is 14.6. The Labute approximate surface area is 250 Å². The molecule has 222 valence electrons. The van der Waals surface area contributed by atoms with Gasteiger partial charge in [-0.1, -0.05) is 13.0 Å². The van der Waals surface area contributed by atoms with Gasteiger partial charge in [-0.2, -0.15) is 5.10 Å². The third-order valence-corrected chi connectivity index (χ3v) is 8.75. The Balaban J connectivity index is 1.29. The molecule has 6 rings (SSSR count). The number of rotatable bonds is 9. The third-order valence-electron chi connectivity index (χ3n) is 8.75. The Morgan fingerprint density at radius 3 is 2.44 bits per heavy atom. The van der Waals surface area contributed by atoms with Crippen LogP contribution in [0.4, 0.5) is 0 Å². The van der Waals surface area contributed by atoms with Gasteiger partial charge in [0.1, 0.15) is 23.8 Å². The van der Waals surface area contributed by atoms with Crippen LogP contribution in [0.1, 0.15) is 64.7 Å². The summed E-state index contributed by atoms with van der Waals surface area (Å²) in [6.45, 7) is 8.02. The molecule has 1 saturated carbocycles. The van der Waals surface area contributed by atoms with Crippen molar-refractivity contribution in [3.05, 3.63) is 65.3 Å². The molecule has 2 aliphatic rings. The average Bonchev–Trinajstić information content (AvgIpc) is 3.32. The van der Waals surface area contributed by atoms with Gasteiger partial charge < -0.3 is 9.80 Å². The van der Waals surface area contributed by atoms with Gasteiger partial charge in [-0.15, -0.1) is 0 Å². The topological polar surface area (TPSA) is 127 Å². The number of amides is 1. The van der Waals surface area contributed by atoms with E-state index in [2.05, 4.69) is 31.9 Å². The fourth-order valence-corrected chi connectivity index (χ4v) is 6.26. The Kier molecular flexibility index (Phi) is 7.16. The number of piperidine rings is 1. The predicted octanol–water partition coefficient (Wildman–Crippen LogP) is 3.47. The van der Waals surface area contributed by atoms with Gasteiger partial charge in [-0.3, -0.25) is 29.0 Å². The van der Waals surface area contributed by atoms with E-state index in [0.717, 1.165) is 30.5 Å². The molecule has 5 heterocycles. The van der Waals surface area contributed by atoms with Crippen molar-refractivity contribution in [3.8, 4) is 11.3 Å². The first-order chi connectivity index (χ1) is 20.4. The summed E-state index contributed by atoms with van der Waals surface area (Å²) in [6.07, 6.45) is 7.46. The fourth-order valence-electron chi connectivity index (χ4n) is 6.26. The number of carbonyl (C=O) groups excluding carboxylic acids is 3. The number of likely N-dealkylation sites (tertiary alicyclic amines) is 1. The zero-order valence-electron chi connectivity index (χ0n) is 25.5. The van der Waals surface area contributed by atoms with Crippen LogP contribution >= 0.6 is 0 Å². The van der Waals surface area contributed by atoms with Gasteiger partial charge in [0.05, 0.1) is 22.9 Å². The van der Waals surface area contributed by atoms with Crippen LogP contribution in [0.5, 0.6) is 0 Å². The van der Waals surface area contributed by atoms with Gasteiger partial charge in [0.2, 0.25) is 11.7 Å². The fraction of sp³-hybridized carbons (Fsp3) is 0.438.